The van der Waals surface area contributed by atoms with E-state index in [1.165, 1.54) is 11.1 Å². The molecule has 2 nitrogen and oxygen atoms in total. The maximum atomic E-state index is 6.25. The molecular formula is C13H22N2. The van der Waals surface area contributed by atoms with E-state index >= 15 is 0 Å². The molecule has 0 saturated carbocycles. The van der Waals surface area contributed by atoms with Crippen molar-refractivity contribution in [2.75, 3.05) is 6.54 Å². The van der Waals surface area contributed by atoms with Crippen LogP contribution in [0.1, 0.15) is 37.3 Å². The molecule has 0 aromatic heterocycles. The first-order valence-electron chi connectivity index (χ1n) is 5.57. The van der Waals surface area contributed by atoms with E-state index in [2.05, 4.69) is 38.1 Å². The van der Waals surface area contributed by atoms with Gasteiger partial charge in [-0.05, 0) is 31.4 Å². The fourth-order valence-electron chi connectivity index (χ4n) is 2.16. The molecule has 4 N–H and O–H groups in total. The largest absolute Gasteiger partial charge is 0.329 e. The van der Waals surface area contributed by atoms with Gasteiger partial charge in [-0.3, -0.25) is 0 Å². The SMILES string of the molecule is CCC(c1ccccc1C)C(C)(N)CN. The van der Waals surface area contributed by atoms with Crippen LogP contribution in [0.15, 0.2) is 24.3 Å². The summed E-state index contributed by atoms with van der Waals surface area (Å²) in [5, 5.41) is 0. The van der Waals surface area contributed by atoms with Gasteiger partial charge in [-0.2, -0.15) is 0 Å². The second-order valence-corrected chi connectivity index (χ2v) is 4.53. The molecule has 0 fully saturated rings. The lowest BCUT2D eigenvalue weighted by Crippen LogP contribution is -2.49. The van der Waals surface area contributed by atoms with E-state index in [0.717, 1.165) is 6.42 Å². The molecule has 0 aliphatic carbocycles. The Balaban J connectivity index is 3.08. The summed E-state index contributed by atoms with van der Waals surface area (Å²) >= 11 is 0. The average Bonchev–Trinajstić information content (AvgIpc) is 2.21. The standard InChI is InChI=1S/C13H22N2/c1-4-12(13(3,15)9-14)11-8-6-5-7-10(11)2/h5-8,12H,4,9,14-15H2,1-3H3. The summed E-state index contributed by atoms with van der Waals surface area (Å²) in [6.07, 6.45) is 1.02. The van der Waals surface area contributed by atoms with Gasteiger partial charge < -0.3 is 11.5 Å². The zero-order chi connectivity index (χ0) is 11.5. The van der Waals surface area contributed by atoms with Crippen LogP contribution < -0.4 is 11.5 Å². The minimum absolute atomic E-state index is 0.319. The number of aryl methyl sites for hydroxylation is 1. The zero-order valence-electron chi connectivity index (χ0n) is 9.96. The highest BCUT2D eigenvalue weighted by Gasteiger charge is 2.29. The van der Waals surface area contributed by atoms with Gasteiger partial charge in [0.25, 0.3) is 0 Å². The van der Waals surface area contributed by atoms with Crippen LogP contribution >= 0.6 is 0 Å². The van der Waals surface area contributed by atoms with Crippen LogP contribution in [0.25, 0.3) is 0 Å². The molecule has 2 unspecified atom stereocenters. The first-order valence-corrected chi connectivity index (χ1v) is 5.57. The second-order valence-electron chi connectivity index (χ2n) is 4.53. The second kappa shape index (κ2) is 4.77. The van der Waals surface area contributed by atoms with Crippen molar-refractivity contribution in [3.63, 3.8) is 0 Å². The number of nitrogens with two attached hydrogens (primary N) is 2. The number of hydrogen-bond donors (Lipinski definition) is 2. The summed E-state index contributed by atoms with van der Waals surface area (Å²) in [7, 11) is 0. The fourth-order valence-corrected chi connectivity index (χ4v) is 2.16. The third-order valence-corrected chi connectivity index (χ3v) is 3.21. The lowest BCUT2D eigenvalue weighted by molar-refractivity contribution is 0.375. The molecule has 0 bridgehead atoms. The molecule has 1 aromatic rings. The van der Waals surface area contributed by atoms with Gasteiger partial charge in [0.05, 0.1) is 0 Å². The first-order chi connectivity index (χ1) is 7.03. The number of hydrogen-bond acceptors (Lipinski definition) is 2. The van der Waals surface area contributed by atoms with Crippen molar-refractivity contribution in [3.05, 3.63) is 35.4 Å². The highest BCUT2D eigenvalue weighted by Crippen LogP contribution is 2.30. The van der Waals surface area contributed by atoms with Gasteiger partial charge in [0.15, 0.2) is 0 Å². The Morgan fingerprint density at radius 2 is 1.93 bits per heavy atom. The summed E-state index contributed by atoms with van der Waals surface area (Å²) in [5.74, 6) is 0.337. The summed E-state index contributed by atoms with van der Waals surface area (Å²) in [4.78, 5) is 0. The molecule has 0 aliphatic heterocycles. The van der Waals surface area contributed by atoms with Gasteiger partial charge in [0.2, 0.25) is 0 Å². The van der Waals surface area contributed by atoms with Gasteiger partial charge in [0, 0.05) is 18.0 Å². The molecule has 0 saturated heterocycles. The number of benzene rings is 1. The Hall–Kier alpha value is -0.860. The van der Waals surface area contributed by atoms with Crippen molar-refractivity contribution >= 4 is 0 Å². The Labute approximate surface area is 92.7 Å². The molecule has 0 spiro atoms. The zero-order valence-corrected chi connectivity index (χ0v) is 9.96. The van der Waals surface area contributed by atoms with E-state index in [0.29, 0.717) is 12.5 Å². The predicted octanol–water partition coefficient (Wildman–Crippen LogP) is 2.16. The van der Waals surface area contributed by atoms with Gasteiger partial charge in [-0.25, -0.2) is 0 Å². The van der Waals surface area contributed by atoms with Crippen molar-refractivity contribution in [1.29, 1.82) is 0 Å². The van der Waals surface area contributed by atoms with Crippen LogP contribution in [0.4, 0.5) is 0 Å². The van der Waals surface area contributed by atoms with Crippen LogP contribution in [-0.4, -0.2) is 12.1 Å². The molecule has 0 aliphatic rings. The molecule has 2 atom stereocenters. The molecule has 0 radical (unpaired) electrons. The van der Waals surface area contributed by atoms with E-state index < -0.39 is 0 Å². The normalized spacial score (nSPS) is 17.1. The van der Waals surface area contributed by atoms with Crippen LogP contribution in [0.5, 0.6) is 0 Å². The molecule has 0 heterocycles. The highest BCUT2D eigenvalue weighted by molar-refractivity contribution is 5.31. The van der Waals surface area contributed by atoms with Crippen LogP contribution in [0, 0.1) is 6.92 Å². The van der Waals surface area contributed by atoms with Gasteiger partial charge in [-0.15, -0.1) is 0 Å². The van der Waals surface area contributed by atoms with Crippen molar-refractivity contribution in [1.82, 2.24) is 0 Å². The van der Waals surface area contributed by atoms with Gasteiger partial charge in [-0.1, -0.05) is 31.2 Å². The molecule has 84 valence electrons. The van der Waals surface area contributed by atoms with Crippen LogP contribution in [0.2, 0.25) is 0 Å². The van der Waals surface area contributed by atoms with Crippen LogP contribution in [0.3, 0.4) is 0 Å². The predicted molar refractivity (Wildman–Crippen MR) is 65.9 cm³/mol. The lowest BCUT2D eigenvalue weighted by Gasteiger charge is -2.33. The van der Waals surface area contributed by atoms with Crippen molar-refractivity contribution in [2.45, 2.75) is 38.6 Å². The summed E-state index contributed by atoms with van der Waals surface area (Å²) in [6.45, 7) is 6.84. The maximum absolute atomic E-state index is 6.25. The van der Waals surface area contributed by atoms with Crippen molar-refractivity contribution in [3.8, 4) is 0 Å². The summed E-state index contributed by atoms with van der Waals surface area (Å²) < 4.78 is 0. The highest BCUT2D eigenvalue weighted by atomic mass is 14.8. The van der Waals surface area contributed by atoms with Gasteiger partial charge in [0.1, 0.15) is 0 Å². The van der Waals surface area contributed by atoms with Crippen molar-refractivity contribution in [2.24, 2.45) is 11.5 Å². The average molecular weight is 206 g/mol. The molecule has 1 aromatic carbocycles. The summed E-state index contributed by atoms with van der Waals surface area (Å²) in [6, 6.07) is 8.41. The minimum Gasteiger partial charge on any atom is -0.329 e. The van der Waals surface area contributed by atoms with E-state index in [-0.39, 0.29) is 5.54 Å². The monoisotopic (exact) mass is 206 g/mol. The molecular weight excluding hydrogens is 184 g/mol. The Morgan fingerprint density at radius 1 is 1.33 bits per heavy atom. The van der Waals surface area contributed by atoms with E-state index in [4.69, 9.17) is 11.5 Å². The van der Waals surface area contributed by atoms with Gasteiger partial charge >= 0.3 is 0 Å². The molecule has 15 heavy (non-hydrogen) atoms. The molecule has 1 rings (SSSR count). The smallest absolute Gasteiger partial charge is 0.0319 e. The van der Waals surface area contributed by atoms with Crippen molar-refractivity contribution < 1.29 is 0 Å². The van der Waals surface area contributed by atoms with E-state index in [1.807, 2.05) is 6.92 Å². The Bertz CT molecular complexity index is 318. The third kappa shape index (κ3) is 2.58. The quantitative estimate of drug-likeness (QED) is 0.793. The van der Waals surface area contributed by atoms with E-state index in [1.54, 1.807) is 0 Å². The molecule has 2 heteroatoms. The first kappa shape index (κ1) is 12.2. The van der Waals surface area contributed by atoms with E-state index in [9.17, 15) is 0 Å². The maximum Gasteiger partial charge on any atom is 0.0319 e. The minimum atomic E-state index is -0.319. The van der Waals surface area contributed by atoms with Crippen LogP contribution in [-0.2, 0) is 0 Å². The Kier molecular flexibility index (Phi) is 3.89. The molecule has 0 amide bonds. The summed E-state index contributed by atoms with van der Waals surface area (Å²) in [5.41, 5.74) is 14.3. The fraction of sp³-hybridized carbons (Fsp3) is 0.538. The lowest BCUT2D eigenvalue weighted by atomic mass is 9.78. The third-order valence-electron chi connectivity index (χ3n) is 3.21. The topological polar surface area (TPSA) is 52.0 Å². The number of rotatable bonds is 4. The Morgan fingerprint density at radius 3 is 2.40 bits per heavy atom.